The average Bonchev–Trinajstić information content (AvgIpc) is 2.40. The van der Waals surface area contributed by atoms with Gasteiger partial charge in [0.25, 0.3) is 5.69 Å². The van der Waals surface area contributed by atoms with E-state index in [4.69, 9.17) is 10.2 Å². The topological polar surface area (TPSA) is 91.4 Å². The molecule has 0 atom stereocenters. The summed E-state index contributed by atoms with van der Waals surface area (Å²) >= 11 is 0. The van der Waals surface area contributed by atoms with Crippen LogP contribution in [-0.2, 0) is 7.05 Å². The van der Waals surface area contributed by atoms with E-state index in [1.807, 2.05) is 0 Å². The number of hydrogen-bond acceptors (Lipinski definition) is 3. The summed E-state index contributed by atoms with van der Waals surface area (Å²) in [4.78, 5) is 24.1. The molecule has 0 saturated heterocycles. The van der Waals surface area contributed by atoms with E-state index in [0.29, 0.717) is 5.69 Å². The van der Waals surface area contributed by atoms with E-state index in [0.717, 1.165) is 0 Å². The van der Waals surface area contributed by atoms with E-state index in [1.165, 1.54) is 12.3 Å². The van der Waals surface area contributed by atoms with Crippen molar-refractivity contribution in [2.24, 2.45) is 7.05 Å². The molecule has 0 aliphatic carbocycles. The van der Waals surface area contributed by atoms with Crippen LogP contribution in [0.25, 0.3) is 0 Å². The first-order valence-corrected chi connectivity index (χ1v) is 5.34. The van der Waals surface area contributed by atoms with E-state index in [1.54, 1.807) is 48.1 Å². The number of nitrogens with zero attached hydrogens (tertiary/aromatic N) is 2. The van der Waals surface area contributed by atoms with Crippen molar-refractivity contribution in [2.75, 3.05) is 0 Å². The van der Waals surface area contributed by atoms with Gasteiger partial charge in [-0.15, -0.1) is 0 Å². The van der Waals surface area contributed by atoms with E-state index in [9.17, 15) is 9.59 Å². The smallest absolute Gasteiger partial charge is 0.401 e. The summed E-state index contributed by atoms with van der Waals surface area (Å²) in [5.41, 5.74) is 0.375. The molecule has 2 rings (SSSR count). The Morgan fingerprint density at radius 3 is 2.05 bits per heavy atom. The minimum absolute atomic E-state index is 0. The Bertz CT molecular complexity index is 576. The standard InChI is InChI=1S/C7H7NO2.C6H5NO2.BrH/c1-8-5-3-2-4-6(8)7(9)10;8-6(9)5-3-1-2-4-7-5;/h2-5H,1H3;1-4H,(H,8,9);1H. The number of halogens is 1. The van der Waals surface area contributed by atoms with Crippen molar-refractivity contribution in [1.82, 2.24) is 4.98 Å². The third-order valence-corrected chi connectivity index (χ3v) is 2.16. The van der Waals surface area contributed by atoms with Crippen LogP contribution in [0.15, 0.2) is 48.8 Å². The van der Waals surface area contributed by atoms with Gasteiger partial charge in [0.1, 0.15) is 12.7 Å². The second-order valence-electron chi connectivity index (χ2n) is 3.52. The number of carbonyl (C=O) groups is 2. The molecular formula is C13H13BrN2O4. The number of carboxylic acids is 2. The van der Waals surface area contributed by atoms with E-state index in [-0.39, 0.29) is 22.7 Å². The largest absolute Gasteiger partial charge is 1.00 e. The lowest BCUT2D eigenvalue weighted by Gasteiger charge is -1.90. The van der Waals surface area contributed by atoms with Crippen molar-refractivity contribution in [3.63, 3.8) is 0 Å². The third kappa shape index (κ3) is 5.57. The lowest BCUT2D eigenvalue weighted by atomic mass is 10.3. The normalized spacial score (nSPS) is 8.65. The minimum atomic E-state index is -0.990. The Labute approximate surface area is 126 Å². The van der Waals surface area contributed by atoms with Crippen molar-refractivity contribution in [3.8, 4) is 0 Å². The molecule has 0 aromatic carbocycles. The minimum Gasteiger partial charge on any atom is -1.00 e. The van der Waals surface area contributed by atoms with Gasteiger partial charge < -0.3 is 27.2 Å². The summed E-state index contributed by atoms with van der Waals surface area (Å²) in [6, 6.07) is 9.80. The molecule has 2 aromatic rings. The maximum Gasteiger partial charge on any atom is 0.401 e. The quantitative estimate of drug-likeness (QED) is 0.616. The van der Waals surface area contributed by atoms with E-state index >= 15 is 0 Å². The lowest BCUT2D eigenvalue weighted by Crippen LogP contribution is -3.00. The van der Waals surface area contributed by atoms with Crippen LogP contribution < -0.4 is 21.5 Å². The van der Waals surface area contributed by atoms with Crippen LogP contribution in [0.5, 0.6) is 0 Å². The highest BCUT2D eigenvalue weighted by Crippen LogP contribution is 1.90. The van der Waals surface area contributed by atoms with Gasteiger partial charge in [0.2, 0.25) is 0 Å². The van der Waals surface area contributed by atoms with Crippen molar-refractivity contribution in [1.29, 1.82) is 0 Å². The second kappa shape index (κ2) is 8.76. The molecule has 0 spiro atoms. The highest BCUT2D eigenvalue weighted by atomic mass is 79.9. The van der Waals surface area contributed by atoms with Gasteiger partial charge in [-0.2, -0.15) is 4.57 Å². The van der Waals surface area contributed by atoms with Gasteiger partial charge in [0.15, 0.2) is 6.20 Å². The summed E-state index contributed by atoms with van der Waals surface area (Å²) in [7, 11) is 1.70. The van der Waals surface area contributed by atoms with Crippen molar-refractivity contribution in [2.45, 2.75) is 0 Å². The predicted octanol–water partition coefficient (Wildman–Crippen LogP) is -2.01. The van der Waals surface area contributed by atoms with Gasteiger partial charge in [-0.25, -0.2) is 14.6 Å². The molecule has 0 aliphatic rings. The van der Waals surface area contributed by atoms with Gasteiger partial charge in [-0.05, 0) is 18.2 Å². The molecule has 20 heavy (non-hydrogen) atoms. The van der Waals surface area contributed by atoms with Crippen molar-refractivity contribution < 1.29 is 41.4 Å². The molecule has 0 unspecified atom stereocenters. The van der Waals surface area contributed by atoms with Crippen LogP contribution in [0.4, 0.5) is 0 Å². The summed E-state index contributed by atoms with van der Waals surface area (Å²) in [5.74, 6) is -1.89. The zero-order valence-electron chi connectivity index (χ0n) is 10.6. The van der Waals surface area contributed by atoms with Gasteiger partial charge in [-0.3, -0.25) is 0 Å². The molecule has 0 fully saturated rings. The van der Waals surface area contributed by atoms with Gasteiger partial charge in [-0.1, -0.05) is 6.07 Å². The Morgan fingerprint density at radius 2 is 1.70 bits per heavy atom. The molecule has 0 radical (unpaired) electrons. The number of aromatic carboxylic acids is 2. The first-order chi connectivity index (χ1) is 9.02. The molecule has 2 aromatic heterocycles. The number of pyridine rings is 2. The molecule has 7 heteroatoms. The number of aryl methyl sites for hydroxylation is 1. The van der Waals surface area contributed by atoms with Gasteiger partial charge >= 0.3 is 11.9 Å². The summed E-state index contributed by atoms with van der Waals surface area (Å²) in [6.07, 6.45) is 3.15. The van der Waals surface area contributed by atoms with Crippen molar-refractivity contribution >= 4 is 11.9 Å². The molecule has 0 aliphatic heterocycles. The highest BCUT2D eigenvalue weighted by molar-refractivity contribution is 5.85. The summed E-state index contributed by atoms with van der Waals surface area (Å²) in [6.45, 7) is 0. The zero-order valence-corrected chi connectivity index (χ0v) is 12.2. The highest BCUT2D eigenvalue weighted by Gasteiger charge is 2.11. The number of carboxylic acid groups (broad SMARTS) is 2. The van der Waals surface area contributed by atoms with Gasteiger partial charge in [0.05, 0.1) is 0 Å². The fraction of sp³-hybridized carbons (Fsp3) is 0.0769. The third-order valence-electron chi connectivity index (χ3n) is 2.16. The molecule has 0 amide bonds. The SMILES string of the molecule is C[n+]1ccccc1C(=O)O.O=C(O)c1ccccn1.[Br-]. The first kappa shape index (κ1) is 17.7. The van der Waals surface area contributed by atoms with E-state index < -0.39 is 11.9 Å². The Hall–Kier alpha value is -2.28. The monoisotopic (exact) mass is 340 g/mol. The van der Waals surface area contributed by atoms with Crippen LogP contribution in [0.3, 0.4) is 0 Å². The lowest BCUT2D eigenvalue weighted by molar-refractivity contribution is -0.674. The molecule has 2 heterocycles. The maximum atomic E-state index is 10.4. The molecular weight excluding hydrogens is 328 g/mol. The average molecular weight is 341 g/mol. The molecule has 0 saturated carbocycles. The molecule has 0 bridgehead atoms. The number of aromatic nitrogens is 2. The molecule has 2 N–H and O–H groups in total. The van der Waals surface area contributed by atoms with Crippen LogP contribution in [0, 0.1) is 0 Å². The fourth-order valence-electron chi connectivity index (χ4n) is 1.23. The fourth-order valence-corrected chi connectivity index (χ4v) is 1.23. The van der Waals surface area contributed by atoms with E-state index in [2.05, 4.69) is 4.98 Å². The molecule has 6 nitrogen and oxygen atoms in total. The summed E-state index contributed by atoms with van der Waals surface area (Å²) in [5, 5.41) is 16.9. The Balaban J connectivity index is 0.000000345. The number of rotatable bonds is 2. The van der Waals surface area contributed by atoms with Crippen LogP contribution >= 0.6 is 0 Å². The van der Waals surface area contributed by atoms with Crippen molar-refractivity contribution in [3.05, 3.63) is 60.2 Å². The first-order valence-electron chi connectivity index (χ1n) is 5.34. The van der Waals surface area contributed by atoms with Crippen LogP contribution in [0.1, 0.15) is 21.0 Å². The van der Waals surface area contributed by atoms with Crippen LogP contribution in [-0.4, -0.2) is 27.1 Å². The Kier molecular flexibility index (Phi) is 7.76. The zero-order chi connectivity index (χ0) is 14.3. The number of hydrogen-bond donors (Lipinski definition) is 2. The predicted molar refractivity (Wildman–Crippen MR) is 65.8 cm³/mol. The maximum absolute atomic E-state index is 10.4. The molecule has 106 valence electrons. The summed E-state index contributed by atoms with van der Waals surface area (Å²) < 4.78 is 1.56. The van der Waals surface area contributed by atoms with Crippen LogP contribution in [0.2, 0.25) is 0 Å². The van der Waals surface area contributed by atoms with Gasteiger partial charge in [0, 0.05) is 18.3 Å². The second-order valence-corrected chi connectivity index (χ2v) is 3.52. The Morgan fingerprint density at radius 1 is 1.05 bits per heavy atom.